The minimum absolute atomic E-state index is 0.0828. The van der Waals surface area contributed by atoms with Crippen molar-refractivity contribution in [3.05, 3.63) is 64.8 Å². The smallest absolute Gasteiger partial charge is 0.416 e. The summed E-state index contributed by atoms with van der Waals surface area (Å²) in [5.41, 5.74) is 0.0844. The topological polar surface area (TPSA) is 72.2 Å². The van der Waals surface area contributed by atoms with Crippen molar-refractivity contribution in [1.29, 1.82) is 0 Å². The fraction of sp³-hybridized carbons (Fsp3) is 0.167. The molecule has 1 aromatic heterocycles. The van der Waals surface area contributed by atoms with Crippen molar-refractivity contribution in [3.63, 3.8) is 0 Å². The van der Waals surface area contributed by atoms with Gasteiger partial charge < -0.3 is 5.11 Å². The third-order valence-corrected chi connectivity index (χ3v) is 3.86. The molecule has 0 amide bonds. The van der Waals surface area contributed by atoms with E-state index in [9.17, 15) is 22.8 Å². The predicted octanol–water partition coefficient (Wildman–Crippen LogP) is 3.68. The van der Waals surface area contributed by atoms with Gasteiger partial charge >= 0.3 is 12.1 Å². The summed E-state index contributed by atoms with van der Waals surface area (Å²) in [6.45, 7) is 1.33. The van der Waals surface area contributed by atoms with Gasteiger partial charge in [-0.25, -0.2) is 0 Å². The molecule has 0 bridgehead atoms. The Hall–Kier alpha value is -3.16. The molecule has 26 heavy (non-hydrogen) atoms. The van der Waals surface area contributed by atoms with Crippen LogP contribution in [0.5, 0.6) is 0 Å². The zero-order valence-corrected chi connectivity index (χ0v) is 13.5. The molecule has 1 heterocycles. The molecule has 5 nitrogen and oxygen atoms in total. The molecule has 0 aliphatic rings. The van der Waals surface area contributed by atoms with Crippen LogP contribution in [0.25, 0.3) is 10.9 Å². The Kier molecular flexibility index (Phi) is 4.27. The number of rotatable bonds is 4. The quantitative estimate of drug-likeness (QED) is 0.719. The third kappa shape index (κ3) is 3.30. The molecule has 0 saturated heterocycles. The van der Waals surface area contributed by atoms with E-state index in [1.165, 1.54) is 6.07 Å². The lowest BCUT2D eigenvalue weighted by molar-refractivity contribution is -0.138. The molecule has 0 fully saturated rings. The zero-order valence-electron chi connectivity index (χ0n) is 13.5. The standard InChI is InChI=1S/C18H13F3N2O3/c1-10-5-6-13-14(7-10)23(9-15(24)25)22-16(13)17(26)11-3-2-4-12(8-11)18(19,20)21/h2-8H,9H2,1H3,(H,24,25). The van der Waals surface area contributed by atoms with Gasteiger partial charge in [-0.3, -0.25) is 14.3 Å². The highest BCUT2D eigenvalue weighted by Crippen LogP contribution is 2.30. The zero-order chi connectivity index (χ0) is 19.1. The summed E-state index contributed by atoms with van der Waals surface area (Å²) in [6.07, 6.45) is -4.57. The van der Waals surface area contributed by atoms with E-state index in [1.807, 2.05) is 0 Å². The summed E-state index contributed by atoms with van der Waals surface area (Å²) < 4.78 is 39.8. The van der Waals surface area contributed by atoms with Crippen molar-refractivity contribution in [2.24, 2.45) is 0 Å². The van der Waals surface area contributed by atoms with Crippen molar-refractivity contribution in [2.75, 3.05) is 0 Å². The van der Waals surface area contributed by atoms with Crippen LogP contribution < -0.4 is 0 Å². The molecule has 0 aliphatic carbocycles. The Labute approximate surface area is 145 Å². The number of nitrogens with zero attached hydrogens (tertiary/aromatic N) is 2. The number of aliphatic carboxylic acids is 1. The molecule has 0 radical (unpaired) electrons. The minimum Gasteiger partial charge on any atom is -0.480 e. The first-order valence-corrected chi connectivity index (χ1v) is 7.58. The maximum Gasteiger partial charge on any atom is 0.416 e. The van der Waals surface area contributed by atoms with Crippen LogP contribution in [0.1, 0.15) is 27.2 Å². The van der Waals surface area contributed by atoms with Gasteiger partial charge in [0.05, 0.1) is 11.1 Å². The first-order valence-electron chi connectivity index (χ1n) is 7.58. The number of carbonyl (C=O) groups excluding carboxylic acids is 1. The molecule has 3 aromatic rings. The summed E-state index contributed by atoms with van der Waals surface area (Å²) in [5, 5.41) is 13.4. The predicted molar refractivity (Wildman–Crippen MR) is 87.0 cm³/mol. The lowest BCUT2D eigenvalue weighted by Gasteiger charge is -2.07. The normalized spacial score (nSPS) is 11.7. The lowest BCUT2D eigenvalue weighted by atomic mass is 10.0. The van der Waals surface area contributed by atoms with Crippen molar-refractivity contribution >= 4 is 22.7 Å². The van der Waals surface area contributed by atoms with Crippen LogP contribution in [0.2, 0.25) is 0 Å². The second-order valence-corrected chi connectivity index (χ2v) is 5.83. The van der Waals surface area contributed by atoms with E-state index in [2.05, 4.69) is 5.10 Å². The molecule has 1 N–H and O–H groups in total. The monoisotopic (exact) mass is 362 g/mol. The molecule has 0 aliphatic heterocycles. The van der Waals surface area contributed by atoms with Crippen LogP contribution in [0.15, 0.2) is 42.5 Å². The van der Waals surface area contributed by atoms with Gasteiger partial charge in [-0.05, 0) is 30.7 Å². The number of hydrogen-bond donors (Lipinski definition) is 1. The maximum absolute atomic E-state index is 12.9. The Morgan fingerprint density at radius 1 is 1.15 bits per heavy atom. The van der Waals surface area contributed by atoms with E-state index in [0.717, 1.165) is 28.4 Å². The fourth-order valence-corrected chi connectivity index (χ4v) is 2.67. The summed E-state index contributed by atoms with van der Waals surface area (Å²) in [5.74, 6) is -1.84. The summed E-state index contributed by atoms with van der Waals surface area (Å²) in [7, 11) is 0. The first kappa shape index (κ1) is 17.7. The van der Waals surface area contributed by atoms with Gasteiger partial charge in [0.1, 0.15) is 12.2 Å². The number of benzene rings is 2. The molecule has 3 rings (SSSR count). The first-order chi connectivity index (χ1) is 12.2. The lowest BCUT2D eigenvalue weighted by Crippen LogP contribution is -2.12. The highest BCUT2D eigenvalue weighted by atomic mass is 19.4. The van der Waals surface area contributed by atoms with Gasteiger partial charge in [-0.15, -0.1) is 0 Å². The second-order valence-electron chi connectivity index (χ2n) is 5.83. The second kappa shape index (κ2) is 6.29. The largest absolute Gasteiger partial charge is 0.480 e. The minimum atomic E-state index is -4.57. The number of halogens is 3. The van der Waals surface area contributed by atoms with E-state index >= 15 is 0 Å². The van der Waals surface area contributed by atoms with E-state index in [1.54, 1.807) is 25.1 Å². The molecule has 0 unspecified atom stereocenters. The van der Waals surface area contributed by atoms with Gasteiger partial charge in [0.25, 0.3) is 0 Å². The number of hydrogen-bond acceptors (Lipinski definition) is 3. The number of carbonyl (C=O) groups is 2. The Morgan fingerprint density at radius 3 is 2.54 bits per heavy atom. The van der Waals surface area contributed by atoms with E-state index in [0.29, 0.717) is 10.9 Å². The number of ketones is 1. The number of aryl methyl sites for hydroxylation is 1. The summed E-state index contributed by atoms with van der Waals surface area (Å²) >= 11 is 0. The van der Waals surface area contributed by atoms with Gasteiger partial charge in [0, 0.05) is 10.9 Å². The van der Waals surface area contributed by atoms with Gasteiger partial charge in [0.2, 0.25) is 5.78 Å². The van der Waals surface area contributed by atoms with Crippen molar-refractivity contribution in [3.8, 4) is 0 Å². The summed E-state index contributed by atoms with van der Waals surface area (Å²) in [4.78, 5) is 23.8. The third-order valence-electron chi connectivity index (χ3n) is 3.86. The molecular formula is C18H13F3N2O3. The Balaban J connectivity index is 2.13. The van der Waals surface area contributed by atoms with Crippen LogP contribution >= 0.6 is 0 Å². The average Bonchev–Trinajstić information content (AvgIpc) is 2.90. The number of fused-ring (bicyclic) bond motifs is 1. The van der Waals surface area contributed by atoms with Gasteiger partial charge in [-0.1, -0.05) is 24.3 Å². The van der Waals surface area contributed by atoms with Crippen LogP contribution in [-0.4, -0.2) is 26.6 Å². The van der Waals surface area contributed by atoms with E-state index < -0.39 is 30.0 Å². The fourth-order valence-electron chi connectivity index (χ4n) is 2.67. The molecule has 8 heteroatoms. The molecule has 2 aromatic carbocycles. The van der Waals surface area contributed by atoms with Crippen LogP contribution in [0, 0.1) is 6.92 Å². The molecular weight excluding hydrogens is 349 g/mol. The molecule has 0 spiro atoms. The van der Waals surface area contributed by atoms with Gasteiger partial charge in [-0.2, -0.15) is 18.3 Å². The van der Waals surface area contributed by atoms with E-state index in [-0.39, 0.29) is 11.3 Å². The van der Waals surface area contributed by atoms with Crippen molar-refractivity contribution < 1.29 is 27.9 Å². The number of carboxylic acids is 1. The Bertz CT molecular complexity index is 1020. The van der Waals surface area contributed by atoms with Crippen molar-refractivity contribution in [1.82, 2.24) is 9.78 Å². The molecule has 0 saturated carbocycles. The summed E-state index contributed by atoms with van der Waals surface area (Å²) in [6, 6.07) is 9.06. The SMILES string of the molecule is Cc1ccc2c(C(=O)c3cccc(C(F)(F)F)c3)nn(CC(=O)O)c2c1. The molecule has 134 valence electrons. The van der Waals surface area contributed by atoms with Crippen LogP contribution in [0.3, 0.4) is 0 Å². The number of alkyl halides is 3. The van der Waals surface area contributed by atoms with Crippen LogP contribution in [0.4, 0.5) is 13.2 Å². The number of carboxylic acid groups (broad SMARTS) is 1. The van der Waals surface area contributed by atoms with Crippen molar-refractivity contribution in [2.45, 2.75) is 19.6 Å². The highest BCUT2D eigenvalue weighted by Gasteiger charge is 2.31. The van der Waals surface area contributed by atoms with Gasteiger partial charge in [0.15, 0.2) is 0 Å². The average molecular weight is 362 g/mol. The Morgan fingerprint density at radius 2 is 1.88 bits per heavy atom. The number of aromatic nitrogens is 2. The molecule has 0 atom stereocenters. The van der Waals surface area contributed by atoms with Crippen LogP contribution in [-0.2, 0) is 17.5 Å². The maximum atomic E-state index is 12.9. The van der Waals surface area contributed by atoms with E-state index in [4.69, 9.17) is 5.11 Å². The highest BCUT2D eigenvalue weighted by molar-refractivity contribution is 6.15.